The zero-order valence-electron chi connectivity index (χ0n) is 10.3. The third-order valence-electron chi connectivity index (χ3n) is 3.34. The van der Waals surface area contributed by atoms with Gasteiger partial charge < -0.3 is 5.73 Å². The van der Waals surface area contributed by atoms with Gasteiger partial charge in [-0.25, -0.2) is 8.42 Å². The number of benzene rings is 1. The van der Waals surface area contributed by atoms with Crippen LogP contribution in [0.5, 0.6) is 0 Å². The van der Waals surface area contributed by atoms with Crippen LogP contribution in [0.3, 0.4) is 0 Å². The summed E-state index contributed by atoms with van der Waals surface area (Å²) in [6, 6.07) is 4.77. The second-order valence-corrected chi connectivity index (χ2v) is 6.86. The predicted molar refractivity (Wildman–Crippen MR) is 71.9 cm³/mol. The lowest BCUT2D eigenvalue weighted by molar-refractivity contribution is 0.408. The first-order valence-electron chi connectivity index (χ1n) is 5.97. The maximum absolute atomic E-state index is 12.5. The van der Waals surface area contributed by atoms with Crippen molar-refractivity contribution in [2.75, 3.05) is 6.54 Å². The Bertz CT molecular complexity index is 545. The Balaban J connectivity index is 2.41. The van der Waals surface area contributed by atoms with Gasteiger partial charge in [-0.1, -0.05) is 11.6 Å². The van der Waals surface area contributed by atoms with E-state index in [-0.39, 0.29) is 17.5 Å². The topological polar surface area (TPSA) is 63.4 Å². The largest absolute Gasteiger partial charge is 0.326 e. The van der Waals surface area contributed by atoms with Gasteiger partial charge in [-0.2, -0.15) is 4.31 Å². The highest BCUT2D eigenvalue weighted by Crippen LogP contribution is 2.27. The smallest absolute Gasteiger partial charge is 0.243 e. The van der Waals surface area contributed by atoms with Crippen LogP contribution >= 0.6 is 11.6 Å². The van der Waals surface area contributed by atoms with E-state index >= 15 is 0 Å². The standard InChI is InChI=1S/C12H17ClN2O2S/c1-9-3-2-6-15(9)18(16,17)11-4-5-12(13)10(7-11)8-14/h4-5,7,9H,2-3,6,8,14H2,1H3. The first-order chi connectivity index (χ1) is 8.46. The second kappa shape index (κ2) is 5.17. The summed E-state index contributed by atoms with van der Waals surface area (Å²) in [6.45, 7) is 2.76. The minimum Gasteiger partial charge on any atom is -0.326 e. The molecule has 1 unspecified atom stereocenters. The monoisotopic (exact) mass is 288 g/mol. The van der Waals surface area contributed by atoms with Gasteiger partial charge >= 0.3 is 0 Å². The molecule has 0 radical (unpaired) electrons. The van der Waals surface area contributed by atoms with E-state index in [0.29, 0.717) is 17.1 Å². The molecule has 0 aromatic heterocycles. The molecule has 0 aliphatic carbocycles. The first-order valence-corrected chi connectivity index (χ1v) is 7.79. The van der Waals surface area contributed by atoms with Crippen LogP contribution in [-0.2, 0) is 16.6 Å². The van der Waals surface area contributed by atoms with Crippen molar-refractivity contribution in [2.24, 2.45) is 5.73 Å². The summed E-state index contributed by atoms with van der Waals surface area (Å²) in [5.74, 6) is 0. The van der Waals surface area contributed by atoms with Gasteiger partial charge in [0.1, 0.15) is 0 Å². The fourth-order valence-electron chi connectivity index (χ4n) is 2.27. The molecule has 1 aromatic rings. The highest BCUT2D eigenvalue weighted by Gasteiger charge is 2.32. The van der Waals surface area contributed by atoms with Gasteiger partial charge in [-0.3, -0.25) is 0 Å². The predicted octanol–water partition coefficient (Wildman–Crippen LogP) is 1.97. The Morgan fingerprint density at radius 2 is 2.22 bits per heavy atom. The van der Waals surface area contributed by atoms with Crippen LogP contribution in [0.1, 0.15) is 25.3 Å². The van der Waals surface area contributed by atoms with Gasteiger partial charge in [0.2, 0.25) is 10.0 Å². The highest BCUT2D eigenvalue weighted by atomic mass is 35.5. The molecule has 0 spiro atoms. The lowest BCUT2D eigenvalue weighted by atomic mass is 10.2. The van der Waals surface area contributed by atoms with Crippen molar-refractivity contribution >= 4 is 21.6 Å². The number of sulfonamides is 1. The zero-order chi connectivity index (χ0) is 13.3. The number of nitrogens with zero attached hydrogens (tertiary/aromatic N) is 1. The Hall–Kier alpha value is -0.620. The molecule has 0 bridgehead atoms. The van der Waals surface area contributed by atoms with Crippen molar-refractivity contribution in [3.63, 3.8) is 0 Å². The van der Waals surface area contributed by atoms with E-state index in [1.807, 2.05) is 6.92 Å². The zero-order valence-corrected chi connectivity index (χ0v) is 11.8. The summed E-state index contributed by atoms with van der Waals surface area (Å²) in [7, 11) is -3.42. The summed E-state index contributed by atoms with van der Waals surface area (Å²) < 4.78 is 26.5. The van der Waals surface area contributed by atoms with Crippen LogP contribution in [0.2, 0.25) is 5.02 Å². The summed E-state index contributed by atoms with van der Waals surface area (Å²) >= 11 is 5.95. The number of rotatable bonds is 3. The molecular formula is C12H17ClN2O2S. The third kappa shape index (κ3) is 2.40. The summed E-state index contributed by atoms with van der Waals surface area (Å²) in [5.41, 5.74) is 6.21. The Labute approximate surface area is 113 Å². The Morgan fingerprint density at radius 3 is 2.78 bits per heavy atom. The average molecular weight is 289 g/mol. The van der Waals surface area contributed by atoms with Crippen molar-refractivity contribution in [3.05, 3.63) is 28.8 Å². The molecule has 2 N–H and O–H groups in total. The molecule has 1 aromatic carbocycles. The summed E-state index contributed by atoms with van der Waals surface area (Å²) in [4.78, 5) is 0.279. The second-order valence-electron chi connectivity index (χ2n) is 4.56. The van der Waals surface area contributed by atoms with Gasteiger partial charge in [0.05, 0.1) is 4.90 Å². The van der Waals surface area contributed by atoms with Crippen LogP contribution in [0, 0.1) is 0 Å². The van der Waals surface area contributed by atoms with E-state index in [1.54, 1.807) is 22.5 Å². The van der Waals surface area contributed by atoms with Crippen LogP contribution < -0.4 is 5.73 Å². The molecule has 1 fully saturated rings. The first kappa shape index (κ1) is 13.8. The van der Waals surface area contributed by atoms with E-state index in [1.165, 1.54) is 0 Å². The SMILES string of the molecule is CC1CCCN1S(=O)(=O)c1ccc(Cl)c(CN)c1. The number of nitrogens with two attached hydrogens (primary N) is 1. The van der Waals surface area contributed by atoms with Crippen molar-refractivity contribution in [3.8, 4) is 0 Å². The van der Waals surface area contributed by atoms with Gasteiger partial charge in [0.15, 0.2) is 0 Å². The van der Waals surface area contributed by atoms with E-state index in [0.717, 1.165) is 12.8 Å². The fraction of sp³-hybridized carbons (Fsp3) is 0.500. The van der Waals surface area contributed by atoms with E-state index in [4.69, 9.17) is 17.3 Å². The van der Waals surface area contributed by atoms with E-state index < -0.39 is 10.0 Å². The number of halogens is 1. The van der Waals surface area contributed by atoms with Gasteiger partial charge in [0, 0.05) is 24.2 Å². The molecule has 4 nitrogen and oxygen atoms in total. The fourth-order valence-corrected chi connectivity index (χ4v) is 4.21. The molecule has 2 rings (SSSR count). The summed E-state index contributed by atoms with van der Waals surface area (Å²) in [6.07, 6.45) is 1.83. The molecule has 18 heavy (non-hydrogen) atoms. The molecule has 0 amide bonds. The normalized spacial score (nSPS) is 21.4. The molecule has 1 aliphatic heterocycles. The minimum absolute atomic E-state index is 0.0620. The van der Waals surface area contributed by atoms with Gasteiger partial charge in [-0.05, 0) is 43.5 Å². The molecular weight excluding hydrogens is 272 g/mol. The van der Waals surface area contributed by atoms with Gasteiger partial charge in [-0.15, -0.1) is 0 Å². The molecule has 1 atom stereocenters. The molecule has 0 saturated carbocycles. The molecule has 6 heteroatoms. The van der Waals surface area contributed by atoms with Crippen LogP contribution in [0.4, 0.5) is 0 Å². The van der Waals surface area contributed by atoms with Crippen molar-refractivity contribution < 1.29 is 8.42 Å². The van der Waals surface area contributed by atoms with E-state index in [9.17, 15) is 8.42 Å². The van der Waals surface area contributed by atoms with Crippen LogP contribution in [-0.4, -0.2) is 25.3 Å². The Morgan fingerprint density at radius 1 is 1.50 bits per heavy atom. The number of hydrogen-bond donors (Lipinski definition) is 1. The van der Waals surface area contributed by atoms with Crippen molar-refractivity contribution in [1.82, 2.24) is 4.31 Å². The van der Waals surface area contributed by atoms with Crippen LogP contribution in [0.15, 0.2) is 23.1 Å². The maximum Gasteiger partial charge on any atom is 0.243 e. The lowest BCUT2D eigenvalue weighted by Crippen LogP contribution is -2.33. The summed E-state index contributed by atoms with van der Waals surface area (Å²) in [5, 5.41) is 0.505. The number of hydrogen-bond acceptors (Lipinski definition) is 3. The lowest BCUT2D eigenvalue weighted by Gasteiger charge is -2.21. The van der Waals surface area contributed by atoms with Crippen LogP contribution in [0.25, 0.3) is 0 Å². The molecule has 1 saturated heterocycles. The Kier molecular flexibility index (Phi) is 3.96. The molecule has 100 valence electrons. The maximum atomic E-state index is 12.5. The van der Waals surface area contributed by atoms with E-state index in [2.05, 4.69) is 0 Å². The van der Waals surface area contributed by atoms with Crippen molar-refractivity contribution in [1.29, 1.82) is 0 Å². The average Bonchev–Trinajstić information content (AvgIpc) is 2.76. The quantitative estimate of drug-likeness (QED) is 0.925. The third-order valence-corrected chi connectivity index (χ3v) is 5.71. The molecule has 1 heterocycles. The highest BCUT2D eigenvalue weighted by molar-refractivity contribution is 7.89. The minimum atomic E-state index is -3.42. The molecule has 1 aliphatic rings. The van der Waals surface area contributed by atoms with Gasteiger partial charge in [0.25, 0.3) is 0 Å². The van der Waals surface area contributed by atoms with Crippen molar-refractivity contribution in [2.45, 2.75) is 37.2 Å².